The van der Waals surface area contributed by atoms with Crippen LogP contribution in [0.25, 0.3) is 10.2 Å². The molecule has 2 bridgehead atoms. The molecule has 3 saturated heterocycles. The van der Waals surface area contributed by atoms with Gasteiger partial charge in [-0.05, 0) is 36.6 Å². The minimum atomic E-state index is -0.345. The van der Waals surface area contributed by atoms with Gasteiger partial charge in [0.1, 0.15) is 18.2 Å². The van der Waals surface area contributed by atoms with Crippen LogP contribution in [0.15, 0.2) is 29.9 Å². The normalized spacial score (nSPS) is 30.8. The van der Waals surface area contributed by atoms with Crippen LogP contribution < -0.4 is 4.90 Å². The van der Waals surface area contributed by atoms with Crippen molar-refractivity contribution in [1.29, 1.82) is 0 Å². The van der Waals surface area contributed by atoms with Crippen molar-refractivity contribution in [2.75, 3.05) is 31.1 Å². The molecule has 7 nitrogen and oxygen atoms in total. The molecule has 4 atom stereocenters. The minimum Gasteiger partial charge on any atom is -0.355 e. The third-order valence-electron chi connectivity index (χ3n) is 7.25. The highest BCUT2D eigenvalue weighted by molar-refractivity contribution is 7.17. The largest absolute Gasteiger partial charge is 0.355 e. The van der Waals surface area contributed by atoms with E-state index < -0.39 is 0 Å². The Labute approximate surface area is 179 Å². The Balaban J connectivity index is 1.37. The van der Waals surface area contributed by atoms with E-state index in [9.17, 15) is 9.59 Å². The number of anilines is 1. The average Bonchev–Trinajstić information content (AvgIpc) is 3.46. The smallest absolute Gasteiger partial charge is 0.246 e. The molecule has 6 rings (SSSR count). The molecular weight excluding hydrogens is 398 g/mol. The molecule has 0 spiro atoms. The van der Waals surface area contributed by atoms with Crippen LogP contribution in [0.3, 0.4) is 0 Å². The van der Waals surface area contributed by atoms with Gasteiger partial charge >= 0.3 is 0 Å². The topological polar surface area (TPSA) is 69.6 Å². The molecule has 8 heteroatoms. The fourth-order valence-electron chi connectivity index (χ4n) is 5.99. The van der Waals surface area contributed by atoms with E-state index in [1.54, 1.807) is 17.7 Å². The Morgan fingerprint density at radius 2 is 1.97 bits per heavy atom. The summed E-state index contributed by atoms with van der Waals surface area (Å²) in [5, 5.41) is 2.06. The molecule has 2 aromatic rings. The SMILES string of the molecule is O=C([C@H]1[C@@H]2C[C@@H](CN(c3ncnc4ccsc34)C2)[C@@H]2CCCC(=O)N21)N1CC=CC1. The van der Waals surface area contributed by atoms with E-state index in [1.807, 2.05) is 28.0 Å². The van der Waals surface area contributed by atoms with Crippen molar-refractivity contribution >= 4 is 39.2 Å². The summed E-state index contributed by atoms with van der Waals surface area (Å²) < 4.78 is 1.11. The van der Waals surface area contributed by atoms with Crippen LogP contribution in [0.2, 0.25) is 0 Å². The number of carbonyl (C=O) groups is 2. The molecule has 30 heavy (non-hydrogen) atoms. The number of nitrogens with zero attached hydrogens (tertiary/aromatic N) is 5. The Bertz CT molecular complexity index is 1030. The molecule has 4 aliphatic rings. The predicted molar refractivity (Wildman–Crippen MR) is 115 cm³/mol. The number of rotatable bonds is 2. The van der Waals surface area contributed by atoms with E-state index >= 15 is 0 Å². The minimum absolute atomic E-state index is 0.120. The van der Waals surface area contributed by atoms with Crippen molar-refractivity contribution < 1.29 is 9.59 Å². The first kappa shape index (κ1) is 18.3. The molecule has 156 valence electrons. The fourth-order valence-corrected chi connectivity index (χ4v) is 6.85. The molecule has 0 unspecified atom stereocenters. The summed E-state index contributed by atoms with van der Waals surface area (Å²) in [7, 11) is 0. The van der Waals surface area contributed by atoms with Crippen molar-refractivity contribution in [2.45, 2.75) is 37.8 Å². The first-order valence-corrected chi connectivity index (χ1v) is 11.8. The van der Waals surface area contributed by atoms with Gasteiger partial charge in [-0.1, -0.05) is 12.2 Å². The highest BCUT2D eigenvalue weighted by Crippen LogP contribution is 2.44. The van der Waals surface area contributed by atoms with Crippen molar-refractivity contribution in [3.05, 3.63) is 29.9 Å². The lowest BCUT2D eigenvalue weighted by Crippen LogP contribution is -2.68. The van der Waals surface area contributed by atoms with E-state index in [-0.39, 0.29) is 29.8 Å². The summed E-state index contributed by atoms with van der Waals surface area (Å²) >= 11 is 1.67. The van der Waals surface area contributed by atoms with E-state index in [2.05, 4.69) is 20.2 Å². The Morgan fingerprint density at radius 1 is 1.13 bits per heavy atom. The van der Waals surface area contributed by atoms with Crippen LogP contribution in [-0.4, -0.2) is 69.8 Å². The quantitative estimate of drug-likeness (QED) is 0.694. The number of fused-ring (bicyclic) bond motifs is 5. The maximum atomic E-state index is 13.6. The van der Waals surface area contributed by atoms with Gasteiger partial charge in [-0.2, -0.15) is 0 Å². The number of aromatic nitrogens is 2. The first-order chi connectivity index (χ1) is 14.7. The predicted octanol–water partition coefficient (Wildman–Crippen LogP) is 2.30. The van der Waals surface area contributed by atoms with E-state index in [0.717, 1.165) is 48.4 Å². The summed E-state index contributed by atoms with van der Waals surface area (Å²) in [5.41, 5.74) is 0.978. The van der Waals surface area contributed by atoms with Crippen LogP contribution in [-0.2, 0) is 9.59 Å². The van der Waals surface area contributed by atoms with Crippen LogP contribution in [0, 0.1) is 11.8 Å². The molecule has 0 aliphatic carbocycles. The van der Waals surface area contributed by atoms with Crippen molar-refractivity contribution in [3.8, 4) is 0 Å². The summed E-state index contributed by atoms with van der Waals surface area (Å²) in [5.74, 6) is 1.80. The van der Waals surface area contributed by atoms with E-state index in [0.29, 0.717) is 25.4 Å². The molecule has 0 aromatic carbocycles. The molecule has 3 fully saturated rings. The zero-order valence-corrected chi connectivity index (χ0v) is 17.6. The molecule has 6 heterocycles. The number of thiophene rings is 1. The van der Waals surface area contributed by atoms with Crippen molar-refractivity contribution in [1.82, 2.24) is 19.8 Å². The number of piperidine rings is 3. The van der Waals surface area contributed by atoms with Crippen LogP contribution in [0.5, 0.6) is 0 Å². The van der Waals surface area contributed by atoms with Crippen molar-refractivity contribution in [2.24, 2.45) is 11.8 Å². The lowest BCUT2D eigenvalue weighted by atomic mass is 9.71. The van der Waals surface area contributed by atoms with E-state index in [4.69, 9.17) is 0 Å². The first-order valence-electron chi connectivity index (χ1n) is 10.9. The van der Waals surface area contributed by atoms with Gasteiger partial charge in [-0.15, -0.1) is 11.3 Å². The summed E-state index contributed by atoms with van der Waals surface area (Å²) in [4.78, 5) is 41.8. The van der Waals surface area contributed by atoms with Crippen LogP contribution >= 0.6 is 11.3 Å². The maximum absolute atomic E-state index is 13.6. The van der Waals surface area contributed by atoms with Gasteiger partial charge in [-0.25, -0.2) is 9.97 Å². The van der Waals surface area contributed by atoms with Gasteiger partial charge in [0, 0.05) is 44.6 Å². The lowest BCUT2D eigenvalue weighted by Gasteiger charge is -2.56. The highest BCUT2D eigenvalue weighted by Gasteiger charge is 2.53. The molecule has 0 N–H and O–H groups in total. The maximum Gasteiger partial charge on any atom is 0.246 e. The van der Waals surface area contributed by atoms with Gasteiger partial charge in [0.15, 0.2) is 0 Å². The van der Waals surface area contributed by atoms with Crippen LogP contribution in [0.4, 0.5) is 5.82 Å². The molecule has 2 amide bonds. The summed E-state index contributed by atoms with van der Waals surface area (Å²) in [6.45, 7) is 2.96. The molecule has 2 aromatic heterocycles. The van der Waals surface area contributed by atoms with Crippen LogP contribution in [0.1, 0.15) is 25.7 Å². The molecule has 0 radical (unpaired) electrons. The zero-order chi connectivity index (χ0) is 20.2. The van der Waals surface area contributed by atoms with E-state index in [1.165, 1.54) is 0 Å². The second-order valence-corrected chi connectivity index (χ2v) is 9.83. The molecule has 0 saturated carbocycles. The molecule has 4 aliphatic heterocycles. The fraction of sp³-hybridized carbons (Fsp3) is 0.545. The van der Waals surface area contributed by atoms with Gasteiger partial charge < -0.3 is 14.7 Å². The average molecular weight is 424 g/mol. The number of amides is 2. The Hall–Kier alpha value is -2.48. The third-order valence-corrected chi connectivity index (χ3v) is 8.15. The Kier molecular flexibility index (Phi) is 4.30. The summed E-state index contributed by atoms with van der Waals surface area (Å²) in [6, 6.07) is 1.85. The number of hydrogen-bond donors (Lipinski definition) is 0. The number of carbonyl (C=O) groups excluding carboxylic acids is 2. The second-order valence-electron chi connectivity index (χ2n) is 8.91. The van der Waals surface area contributed by atoms with Gasteiger partial charge in [-0.3, -0.25) is 9.59 Å². The van der Waals surface area contributed by atoms with Gasteiger partial charge in [0.25, 0.3) is 0 Å². The lowest BCUT2D eigenvalue weighted by molar-refractivity contribution is -0.160. The third kappa shape index (κ3) is 2.76. The highest BCUT2D eigenvalue weighted by atomic mass is 32.1. The zero-order valence-electron chi connectivity index (χ0n) is 16.8. The Morgan fingerprint density at radius 3 is 2.83 bits per heavy atom. The monoisotopic (exact) mass is 423 g/mol. The molecular formula is C22H25N5O2S. The van der Waals surface area contributed by atoms with Gasteiger partial charge in [0.05, 0.1) is 10.2 Å². The van der Waals surface area contributed by atoms with Gasteiger partial charge in [0.2, 0.25) is 11.8 Å². The second kappa shape index (κ2) is 7.04. The van der Waals surface area contributed by atoms with Crippen molar-refractivity contribution in [3.63, 3.8) is 0 Å². The standard InChI is InChI=1S/C22H25N5O2S/c28-18-5-3-4-17-14-10-15(19(27(17)18)22(29)25-7-1-2-8-25)12-26(11-14)21-20-16(6-9-30-20)23-13-24-21/h1-2,6,9,13-15,17,19H,3-5,7-8,10-12H2/t14-,15+,17-,19+/m0/s1. The number of hydrogen-bond acceptors (Lipinski definition) is 6. The summed E-state index contributed by atoms with van der Waals surface area (Å²) in [6.07, 6.45) is 9.24.